The van der Waals surface area contributed by atoms with Gasteiger partial charge in [0.25, 0.3) is 0 Å². The smallest absolute Gasteiger partial charge is 0.147 e. The lowest BCUT2D eigenvalue weighted by atomic mass is 10.0. The molecule has 0 saturated heterocycles. The molecule has 0 fully saturated rings. The summed E-state index contributed by atoms with van der Waals surface area (Å²) >= 11 is 3.15. The average Bonchev–Trinajstić information content (AvgIpc) is 2.61. The molecule has 0 atom stereocenters. The maximum Gasteiger partial charge on any atom is 0.147 e. The van der Waals surface area contributed by atoms with Crippen molar-refractivity contribution in [3.05, 3.63) is 76.0 Å². The van der Waals surface area contributed by atoms with Crippen molar-refractivity contribution in [2.45, 2.75) is 6.92 Å². The standard InChI is InChI=1S/C19H14BrFN2O2/c1-3-23(12-8-9-16(21)15(20)10-12)18-11(2)17(22-25)13-6-4-5-7-14(13)19(18)24/h3-10,24H,1H2,2H3. The molecule has 3 aromatic carbocycles. The topological polar surface area (TPSA) is 52.9 Å². The largest absolute Gasteiger partial charge is 0.505 e. The van der Waals surface area contributed by atoms with Crippen LogP contribution in [0.15, 0.2) is 64.9 Å². The Morgan fingerprint density at radius 1 is 1.24 bits per heavy atom. The first-order valence-electron chi connectivity index (χ1n) is 7.44. The van der Waals surface area contributed by atoms with Gasteiger partial charge in [-0.25, -0.2) is 4.39 Å². The molecule has 1 N–H and O–H groups in total. The Kier molecular flexibility index (Phi) is 4.55. The van der Waals surface area contributed by atoms with Crippen LogP contribution in [0.5, 0.6) is 5.75 Å². The second kappa shape index (κ2) is 6.64. The molecule has 0 aliphatic carbocycles. The van der Waals surface area contributed by atoms with E-state index in [0.717, 1.165) is 0 Å². The van der Waals surface area contributed by atoms with Gasteiger partial charge in [0.15, 0.2) is 0 Å². The Morgan fingerprint density at radius 3 is 2.52 bits per heavy atom. The highest BCUT2D eigenvalue weighted by molar-refractivity contribution is 9.10. The predicted octanol–water partition coefficient (Wildman–Crippen LogP) is 6.43. The predicted molar refractivity (Wildman–Crippen MR) is 102 cm³/mol. The molecule has 3 rings (SSSR count). The van der Waals surface area contributed by atoms with Crippen LogP contribution in [-0.4, -0.2) is 5.11 Å². The zero-order valence-electron chi connectivity index (χ0n) is 13.3. The number of aromatic hydroxyl groups is 1. The molecule has 0 heterocycles. The van der Waals surface area contributed by atoms with Gasteiger partial charge in [0.05, 0.1) is 10.2 Å². The summed E-state index contributed by atoms with van der Waals surface area (Å²) in [4.78, 5) is 13.0. The first kappa shape index (κ1) is 17.1. The van der Waals surface area contributed by atoms with E-state index in [1.54, 1.807) is 48.2 Å². The summed E-state index contributed by atoms with van der Waals surface area (Å²) < 4.78 is 13.8. The van der Waals surface area contributed by atoms with E-state index in [1.807, 2.05) is 0 Å². The highest BCUT2D eigenvalue weighted by Crippen LogP contribution is 2.47. The number of fused-ring (bicyclic) bond motifs is 1. The van der Waals surface area contributed by atoms with Gasteiger partial charge in [0.1, 0.15) is 17.3 Å². The molecule has 126 valence electrons. The van der Waals surface area contributed by atoms with Gasteiger partial charge in [0.2, 0.25) is 0 Å². The minimum Gasteiger partial charge on any atom is -0.505 e. The van der Waals surface area contributed by atoms with E-state index in [0.29, 0.717) is 27.7 Å². The third kappa shape index (κ3) is 2.78. The number of anilines is 2. The van der Waals surface area contributed by atoms with Gasteiger partial charge < -0.3 is 10.0 Å². The SMILES string of the molecule is C=CN(c1ccc(F)c(Br)c1)c1c(C)c(N=O)c2ccccc2c1O. The van der Waals surface area contributed by atoms with Crippen molar-refractivity contribution < 1.29 is 9.50 Å². The summed E-state index contributed by atoms with van der Waals surface area (Å²) in [5, 5.41) is 15.0. The molecule has 0 radical (unpaired) electrons. The molecular formula is C19H14BrFN2O2. The highest BCUT2D eigenvalue weighted by atomic mass is 79.9. The third-order valence-corrected chi connectivity index (χ3v) is 4.68. The highest BCUT2D eigenvalue weighted by Gasteiger charge is 2.22. The Bertz CT molecular complexity index is 1000. The van der Waals surface area contributed by atoms with Crippen LogP contribution in [0.25, 0.3) is 10.8 Å². The third-order valence-electron chi connectivity index (χ3n) is 4.07. The van der Waals surface area contributed by atoms with Crippen LogP contribution in [-0.2, 0) is 0 Å². The van der Waals surface area contributed by atoms with Gasteiger partial charge in [0, 0.05) is 28.2 Å². The van der Waals surface area contributed by atoms with Crippen molar-refractivity contribution in [2.75, 3.05) is 4.90 Å². The van der Waals surface area contributed by atoms with Gasteiger partial charge in [-0.1, -0.05) is 30.8 Å². The monoisotopic (exact) mass is 400 g/mol. The fraction of sp³-hybridized carbons (Fsp3) is 0.0526. The van der Waals surface area contributed by atoms with Crippen molar-refractivity contribution in [3.8, 4) is 5.75 Å². The summed E-state index contributed by atoms with van der Waals surface area (Å²) in [6.07, 6.45) is 1.49. The minimum absolute atomic E-state index is 0.000785. The van der Waals surface area contributed by atoms with Crippen LogP contribution in [0.3, 0.4) is 0 Å². The number of phenolic OH excluding ortho intramolecular Hbond substituents is 1. The lowest BCUT2D eigenvalue weighted by Crippen LogP contribution is -2.10. The Labute approximate surface area is 152 Å². The molecule has 0 amide bonds. The first-order chi connectivity index (χ1) is 12.0. The van der Waals surface area contributed by atoms with Crippen molar-refractivity contribution in [1.82, 2.24) is 0 Å². The maximum atomic E-state index is 13.6. The second-order valence-corrected chi connectivity index (χ2v) is 6.31. The van der Waals surface area contributed by atoms with Crippen molar-refractivity contribution in [3.63, 3.8) is 0 Å². The quantitative estimate of drug-likeness (QED) is 0.512. The number of halogens is 2. The average molecular weight is 401 g/mol. The number of nitrogens with zero attached hydrogens (tertiary/aromatic N) is 2. The molecule has 6 heteroatoms. The second-order valence-electron chi connectivity index (χ2n) is 5.46. The van der Waals surface area contributed by atoms with E-state index < -0.39 is 5.82 Å². The van der Waals surface area contributed by atoms with Crippen LogP contribution >= 0.6 is 15.9 Å². The fourth-order valence-electron chi connectivity index (χ4n) is 2.89. The Morgan fingerprint density at radius 2 is 1.92 bits per heavy atom. The molecule has 0 aliphatic heterocycles. The van der Waals surface area contributed by atoms with Crippen molar-refractivity contribution >= 4 is 43.8 Å². The number of nitroso groups, excluding NO2 is 1. The summed E-state index contributed by atoms with van der Waals surface area (Å²) in [5.74, 6) is -0.400. The maximum absolute atomic E-state index is 13.6. The van der Waals surface area contributed by atoms with Gasteiger partial charge in [-0.05, 0) is 46.2 Å². The molecule has 0 unspecified atom stereocenters. The summed E-state index contributed by atoms with van der Waals surface area (Å²) in [5.41, 5.74) is 1.71. The minimum atomic E-state index is -0.400. The van der Waals surface area contributed by atoms with Gasteiger partial charge >= 0.3 is 0 Å². The number of hydrogen-bond donors (Lipinski definition) is 1. The lowest BCUT2D eigenvalue weighted by molar-refractivity contribution is 0.482. The zero-order valence-corrected chi connectivity index (χ0v) is 14.9. The zero-order chi connectivity index (χ0) is 18.1. The first-order valence-corrected chi connectivity index (χ1v) is 8.23. The van der Waals surface area contributed by atoms with Gasteiger partial charge in [-0.15, -0.1) is 4.91 Å². The van der Waals surface area contributed by atoms with Crippen molar-refractivity contribution in [1.29, 1.82) is 0 Å². The number of rotatable bonds is 4. The Hall–Kier alpha value is -2.73. The number of benzene rings is 3. The van der Waals surface area contributed by atoms with E-state index in [1.165, 1.54) is 12.3 Å². The molecule has 25 heavy (non-hydrogen) atoms. The number of phenols is 1. The van der Waals surface area contributed by atoms with Crippen LogP contribution < -0.4 is 4.90 Å². The summed E-state index contributed by atoms with van der Waals surface area (Å²) in [7, 11) is 0. The van der Waals surface area contributed by atoms with E-state index in [9.17, 15) is 14.4 Å². The molecule has 4 nitrogen and oxygen atoms in total. The fourth-order valence-corrected chi connectivity index (χ4v) is 3.26. The van der Waals surface area contributed by atoms with E-state index in [-0.39, 0.29) is 15.9 Å². The molecule has 0 aromatic heterocycles. The molecule has 0 aliphatic rings. The van der Waals surface area contributed by atoms with Crippen LogP contribution in [0.2, 0.25) is 0 Å². The summed E-state index contributed by atoms with van der Waals surface area (Å²) in [6.45, 7) is 5.48. The van der Waals surface area contributed by atoms with Crippen LogP contribution in [0, 0.1) is 17.6 Å². The van der Waals surface area contributed by atoms with Crippen LogP contribution in [0.1, 0.15) is 5.56 Å². The van der Waals surface area contributed by atoms with Crippen LogP contribution in [0.4, 0.5) is 21.5 Å². The van der Waals surface area contributed by atoms with Crippen molar-refractivity contribution in [2.24, 2.45) is 5.18 Å². The number of hydrogen-bond acceptors (Lipinski definition) is 4. The normalized spacial score (nSPS) is 10.7. The van der Waals surface area contributed by atoms with E-state index >= 15 is 0 Å². The molecule has 0 spiro atoms. The molecular weight excluding hydrogens is 387 g/mol. The summed E-state index contributed by atoms with van der Waals surface area (Å²) in [6, 6.07) is 11.4. The molecule has 3 aromatic rings. The molecule has 0 bridgehead atoms. The lowest BCUT2D eigenvalue weighted by Gasteiger charge is -2.25. The van der Waals surface area contributed by atoms with E-state index in [2.05, 4.69) is 27.7 Å². The van der Waals surface area contributed by atoms with Gasteiger partial charge in [-0.3, -0.25) is 0 Å². The molecule has 0 saturated carbocycles. The van der Waals surface area contributed by atoms with Gasteiger partial charge in [-0.2, -0.15) is 0 Å². The van der Waals surface area contributed by atoms with E-state index in [4.69, 9.17) is 0 Å². The Balaban J connectivity index is 2.34.